The van der Waals surface area contributed by atoms with E-state index < -0.39 is 5.60 Å². The molecule has 150 valence electrons. The molecule has 2 unspecified atom stereocenters. The van der Waals surface area contributed by atoms with Gasteiger partial charge in [0.2, 0.25) is 0 Å². The first-order valence-electron chi connectivity index (χ1n) is 9.33. The summed E-state index contributed by atoms with van der Waals surface area (Å²) in [6.07, 6.45) is 1.36. The van der Waals surface area contributed by atoms with Crippen molar-refractivity contribution in [3.8, 4) is 0 Å². The zero-order valence-electron chi connectivity index (χ0n) is 16.9. The second-order valence-corrected chi connectivity index (χ2v) is 9.02. The van der Waals surface area contributed by atoms with Gasteiger partial charge in [-0.3, -0.25) is 9.59 Å². The van der Waals surface area contributed by atoms with Crippen LogP contribution < -0.4 is 0 Å². The molecule has 2 atom stereocenters. The van der Waals surface area contributed by atoms with E-state index in [2.05, 4.69) is 6.92 Å². The van der Waals surface area contributed by atoms with Crippen LogP contribution in [0.3, 0.4) is 0 Å². The van der Waals surface area contributed by atoms with E-state index in [9.17, 15) is 14.4 Å². The number of carbonyl (C=O) groups is 3. The second-order valence-electron chi connectivity index (χ2n) is 7.83. The Morgan fingerprint density at radius 2 is 1.77 bits per heavy atom. The van der Waals surface area contributed by atoms with Crippen molar-refractivity contribution in [3.63, 3.8) is 0 Å². The first-order chi connectivity index (χ1) is 12.0. The number of esters is 1. The molecule has 0 aliphatic carbocycles. The van der Waals surface area contributed by atoms with Crippen LogP contribution in [0.4, 0.5) is 4.79 Å². The van der Waals surface area contributed by atoms with Crippen LogP contribution in [0.5, 0.6) is 0 Å². The van der Waals surface area contributed by atoms with E-state index in [0.29, 0.717) is 31.4 Å². The molecular weight excluding hydrogens is 354 g/mol. The lowest BCUT2D eigenvalue weighted by atomic mass is 9.78. The van der Waals surface area contributed by atoms with Crippen LogP contribution in [0.1, 0.15) is 54.4 Å². The van der Waals surface area contributed by atoms with Crippen molar-refractivity contribution in [1.29, 1.82) is 0 Å². The largest absolute Gasteiger partial charge is 0.466 e. The van der Waals surface area contributed by atoms with Crippen LogP contribution in [0, 0.1) is 17.8 Å². The smallest absolute Gasteiger partial charge is 0.410 e. The topological polar surface area (TPSA) is 72.9 Å². The zero-order chi connectivity index (χ0) is 19.9. The number of ether oxygens (including phenoxy) is 2. The lowest BCUT2D eigenvalue weighted by Gasteiger charge is -2.37. The van der Waals surface area contributed by atoms with Crippen LogP contribution >= 0.6 is 11.8 Å². The van der Waals surface area contributed by atoms with Crippen molar-refractivity contribution in [2.24, 2.45) is 17.8 Å². The number of piperidine rings is 1. The quantitative estimate of drug-likeness (QED) is 0.647. The van der Waals surface area contributed by atoms with E-state index in [0.717, 1.165) is 12.8 Å². The molecule has 0 aromatic rings. The summed E-state index contributed by atoms with van der Waals surface area (Å²) in [6.45, 7) is 12.5. The predicted molar refractivity (Wildman–Crippen MR) is 103 cm³/mol. The zero-order valence-corrected chi connectivity index (χ0v) is 17.7. The number of hydrogen-bond acceptors (Lipinski definition) is 6. The van der Waals surface area contributed by atoms with Crippen LogP contribution in [0.2, 0.25) is 0 Å². The molecule has 6 nitrogen and oxygen atoms in total. The summed E-state index contributed by atoms with van der Waals surface area (Å²) in [5.74, 6) is 0.323. The molecule has 1 saturated heterocycles. The maximum absolute atomic E-state index is 12.3. The van der Waals surface area contributed by atoms with Crippen LogP contribution in [-0.2, 0) is 19.1 Å². The Kier molecular flexibility index (Phi) is 8.93. The Balaban J connectivity index is 2.65. The van der Waals surface area contributed by atoms with Crippen LogP contribution in [-0.4, -0.2) is 53.1 Å². The van der Waals surface area contributed by atoms with E-state index in [-0.39, 0.29) is 29.0 Å². The first-order valence-corrected chi connectivity index (χ1v) is 10.3. The highest BCUT2D eigenvalue weighted by molar-refractivity contribution is 8.13. The number of hydrogen-bond donors (Lipinski definition) is 0. The Morgan fingerprint density at radius 3 is 2.23 bits per heavy atom. The molecular formula is C19H33NO5S. The molecule has 0 spiro atoms. The summed E-state index contributed by atoms with van der Waals surface area (Å²) < 4.78 is 10.6. The molecule has 7 heteroatoms. The summed E-state index contributed by atoms with van der Waals surface area (Å²) in [6, 6.07) is 0. The Hall–Kier alpha value is -1.24. The molecule has 0 radical (unpaired) electrons. The average Bonchev–Trinajstić information content (AvgIpc) is 2.53. The van der Waals surface area contributed by atoms with E-state index >= 15 is 0 Å². The highest BCUT2D eigenvalue weighted by atomic mass is 32.2. The summed E-state index contributed by atoms with van der Waals surface area (Å²) in [4.78, 5) is 37.6. The van der Waals surface area contributed by atoms with Gasteiger partial charge in [-0.05, 0) is 52.4 Å². The molecule has 1 aliphatic heterocycles. The lowest BCUT2D eigenvalue weighted by Crippen LogP contribution is -2.44. The van der Waals surface area contributed by atoms with Gasteiger partial charge in [-0.15, -0.1) is 0 Å². The number of amides is 1. The molecule has 0 bridgehead atoms. The van der Waals surface area contributed by atoms with E-state index in [4.69, 9.17) is 9.47 Å². The van der Waals surface area contributed by atoms with Crippen molar-refractivity contribution in [3.05, 3.63) is 0 Å². The van der Waals surface area contributed by atoms with Gasteiger partial charge in [-0.1, -0.05) is 18.7 Å². The Bertz CT molecular complexity index is 495. The Morgan fingerprint density at radius 1 is 1.19 bits per heavy atom. The summed E-state index contributed by atoms with van der Waals surface area (Å²) in [7, 11) is 0. The summed E-state index contributed by atoms with van der Waals surface area (Å²) in [5.41, 5.74) is -0.500. The van der Waals surface area contributed by atoms with Gasteiger partial charge in [-0.2, -0.15) is 0 Å². The second kappa shape index (κ2) is 10.2. The lowest BCUT2D eigenvalue weighted by molar-refractivity contribution is -0.149. The number of carbonyl (C=O) groups excluding carboxylic acids is 3. The van der Waals surface area contributed by atoms with E-state index in [1.807, 2.05) is 20.8 Å². The fraction of sp³-hybridized carbons (Fsp3) is 0.842. The number of nitrogens with zero attached hydrogens (tertiary/aromatic N) is 1. The van der Waals surface area contributed by atoms with Gasteiger partial charge >= 0.3 is 12.1 Å². The molecule has 26 heavy (non-hydrogen) atoms. The summed E-state index contributed by atoms with van der Waals surface area (Å²) >= 11 is 1.17. The predicted octanol–water partition coefficient (Wildman–Crippen LogP) is 3.73. The van der Waals surface area contributed by atoms with Crippen molar-refractivity contribution in [1.82, 2.24) is 4.90 Å². The van der Waals surface area contributed by atoms with E-state index in [1.54, 1.807) is 11.8 Å². The van der Waals surface area contributed by atoms with Crippen molar-refractivity contribution in [2.45, 2.75) is 60.0 Å². The van der Waals surface area contributed by atoms with Gasteiger partial charge < -0.3 is 14.4 Å². The minimum Gasteiger partial charge on any atom is -0.466 e. The van der Waals surface area contributed by atoms with Gasteiger partial charge in [0, 0.05) is 25.8 Å². The van der Waals surface area contributed by atoms with Crippen LogP contribution in [0.25, 0.3) is 0 Å². The first kappa shape index (κ1) is 22.8. The third kappa shape index (κ3) is 7.56. The fourth-order valence-corrected chi connectivity index (χ4v) is 4.01. The number of thioether (sulfide) groups is 1. The molecule has 1 amide bonds. The molecule has 0 N–H and O–H groups in total. The van der Waals surface area contributed by atoms with Gasteiger partial charge in [0.1, 0.15) is 5.60 Å². The number of rotatable bonds is 6. The molecule has 1 rings (SSSR count). The molecule has 1 heterocycles. The van der Waals surface area contributed by atoms with Gasteiger partial charge in [0.25, 0.3) is 0 Å². The maximum Gasteiger partial charge on any atom is 0.410 e. The number of likely N-dealkylation sites (tertiary alicyclic amines) is 1. The normalized spacial score (nSPS) is 18.2. The third-order valence-corrected chi connectivity index (χ3v) is 5.56. The van der Waals surface area contributed by atoms with Gasteiger partial charge in [-0.25, -0.2) is 4.79 Å². The molecule has 0 saturated carbocycles. The monoisotopic (exact) mass is 387 g/mol. The molecule has 1 fully saturated rings. The minimum atomic E-state index is -0.500. The molecule has 0 aromatic heterocycles. The molecule has 0 aromatic carbocycles. The fourth-order valence-electron chi connectivity index (χ4n) is 3.15. The van der Waals surface area contributed by atoms with Crippen molar-refractivity contribution in [2.75, 3.05) is 25.4 Å². The van der Waals surface area contributed by atoms with Gasteiger partial charge in [0.15, 0.2) is 5.12 Å². The SMILES string of the molecule is CCOC(=O)C(CSC(C)=O)C(C)C1CCN(C(=O)OC(C)(C)C)CC1. The third-order valence-electron chi connectivity index (χ3n) is 4.63. The maximum atomic E-state index is 12.3. The van der Waals surface area contributed by atoms with Crippen molar-refractivity contribution >= 4 is 28.9 Å². The van der Waals surface area contributed by atoms with Gasteiger partial charge in [0.05, 0.1) is 12.5 Å². The highest BCUT2D eigenvalue weighted by Gasteiger charge is 2.35. The minimum absolute atomic E-state index is 0.00578. The highest BCUT2D eigenvalue weighted by Crippen LogP contribution is 2.33. The summed E-state index contributed by atoms with van der Waals surface area (Å²) in [5, 5.41) is 0.00578. The van der Waals surface area contributed by atoms with E-state index in [1.165, 1.54) is 18.7 Å². The average molecular weight is 388 g/mol. The molecule has 1 aliphatic rings. The standard InChI is InChI=1S/C19H33NO5S/c1-7-24-17(22)16(12-26-14(3)21)13(2)15-8-10-20(11-9-15)18(23)25-19(4,5)6/h13,15-16H,7-12H2,1-6H3. The Labute approximate surface area is 161 Å². The van der Waals surface area contributed by atoms with Crippen molar-refractivity contribution < 1.29 is 23.9 Å². The van der Waals surface area contributed by atoms with Crippen LogP contribution in [0.15, 0.2) is 0 Å².